The van der Waals surface area contributed by atoms with Crippen LogP contribution < -0.4 is 5.32 Å². The van der Waals surface area contributed by atoms with Gasteiger partial charge >= 0.3 is 0 Å². The van der Waals surface area contributed by atoms with Crippen molar-refractivity contribution in [2.75, 3.05) is 7.05 Å². The van der Waals surface area contributed by atoms with Crippen LogP contribution in [0.1, 0.15) is 46.0 Å². The van der Waals surface area contributed by atoms with E-state index in [4.69, 9.17) is 0 Å². The Morgan fingerprint density at radius 2 is 1.67 bits per heavy atom. The van der Waals surface area contributed by atoms with E-state index in [2.05, 4.69) is 26.2 Å². The van der Waals surface area contributed by atoms with E-state index >= 15 is 0 Å². The van der Waals surface area contributed by atoms with E-state index < -0.39 is 0 Å². The van der Waals surface area contributed by atoms with Gasteiger partial charge in [0.1, 0.15) is 0 Å². The second-order valence-corrected chi connectivity index (χ2v) is 4.33. The van der Waals surface area contributed by atoms with E-state index in [0.29, 0.717) is 6.04 Å². The van der Waals surface area contributed by atoms with Crippen LogP contribution in [0.3, 0.4) is 0 Å². The molecule has 0 aromatic heterocycles. The molecule has 1 heteroatoms. The molecule has 1 rings (SSSR count). The molecule has 0 heterocycles. The van der Waals surface area contributed by atoms with Gasteiger partial charge in [-0.15, -0.1) is 0 Å². The monoisotopic (exact) mass is 169 g/mol. The number of nitrogens with one attached hydrogen (secondary N) is 1. The maximum atomic E-state index is 3.36. The first kappa shape index (κ1) is 10.0. The molecule has 72 valence electrons. The minimum absolute atomic E-state index is 0.688. The van der Waals surface area contributed by atoms with Crippen molar-refractivity contribution in [3.8, 4) is 0 Å². The normalized spacial score (nSPS) is 25.2. The molecule has 0 saturated heterocycles. The predicted octanol–water partition coefficient (Wildman–Crippen LogP) is 2.81. The van der Waals surface area contributed by atoms with Crippen molar-refractivity contribution in [1.82, 2.24) is 5.32 Å². The summed E-state index contributed by atoms with van der Waals surface area (Å²) < 4.78 is 0. The molecule has 1 aliphatic rings. The maximum Gasteiger partial charge on any atom is 0.00640 e. The molecule has 1 saturated carbocycles. The molecule has 1 aliphatic carbocycles. The molecule has 0 aliphatic heterocycles. The summed E-state index contributed by atoms with van der Waals surface area (Å²) in [5.74, 6) is 1.84. The van der Waals surface area contributed by atoms with E-state index in [1.165, 1.54) is 32.1 Å². The molecule has 0 amide bonds. The van der Waals surface area contributed by atoms with Crippen LogP contribution in [0, 0.1) is 11.8 Å². The fourth-order valence-corrected chi connectivity index (χ4v) is 2.33. The van der Waals surface area contributed by atoms with Crippen molar-refractivity contribution < 1.29 is 0 Å². The predicted molar refractivity (Wildman–Crippen MR) is 54.3 cm³/mol. The van der Waals surface area contributed by atoms with E-state index in [1.54, 1.807) is 0 Å². The second-order valence-electron chi connectivity index (χ2n) is 4.33. The Labute approximate surface area is 76.9 Å². The van der Waals surface area contributed by atoms with Gasteiger partial charge in [0.2, 0.25) is 0 Å². The van der Waals surface area contributed by atoms with Crippen LogP contribution in [0.4, 0.5) is 0 Å². The number of hydrogen-bond donors (Lipinski definition) is 1. The van der Waals surface area contributed by atoms with Crippen LogP contribution in [0.2, 0.25) is 0 Å². The molecular formula is C11H23N. The zero-order chi connectivity index (χ0) is 8.97. The van der Waals surface area contributed by atoms with Crippen molar-refractivity contribution >= 4 is 0 Å². The molecule has 2 atom stereocenters. The van der Waals surface area contributed by atoms with Gasteiger partial charge in [-0.2, -0.15) is 0 Å². The lowest BCUT2D eigenvalue weighted by Gasteiger charge is -2.31. The first-order valence-electron chi connectivity index (χ1n) is 5.43. The van der Waals surface area contributed by atoms with Gasteiger partial charge in [0.05, 0.1) is 0 Å². The lowest BCUT2D eigenvalue weighted by Crippen LogP contribution is -2.34. The summed E-state index contributed by atoms with van der Waals surface area (Å²) >= 11 is 0. The van der Waals surface area contributed by atoms with Crippen molar-refractivity contribution in [3.05, 3.63) is 0 Å². The molecule has 2 unspecified atom stereocenters. The topological polar surface area (TPSA) is 12.0 Å². The Morgan fingerprint density at radius 3 is 2.17 bits per heavy atom. The van der Waals surface area contributed by atoms with Crippen LogP contribution >= 0.6 is 0 Å². The largest absolute Gasteiger partial charge is 0.317 e. The van der Waals surface area contributed by atoms with Gasteiger partial charge in [-0.25, -0.2) is 0 Å². The van der Waals surface area contributed by atoms with Gasteiger partial charge < -0.3 is 5.32 Å². The van der Waals surface area contributed by atoms with Crippen molar-refractivity contribution in [2.45, 2.75) is 52.0 Å². The lowest BCUT2D eigenvalue weighted by molar-refractivity contribution is 0.224. The second kappa shape index (κ2) is 4.86. The minimum atomic E-state index is 0.688. The van der Waals surface area contributed by atoms with Gasteiger partial charge in [0.15, 0.2) is 0 Å². The summed E-state index contributed by atoms with van der Waals surface area (Å²) in [4.78, 5) is 0. The summed E-state index contributed by atoms with van der Waals surface area (Å²) in [6.45, 7) is 4.70. The van der Waals surface area contributed by atoms with Crippen LogP contribution in [0.25, 0.3) is 0 Å². The highest BCUT2D eigenvalue weighted by atomic mass is 14.9. The molecule has 1 nitrogen and oxygen atoms in total. The molecule has 1 N–H and O–H groups in total. The third-order valence-corrected chi connectivity index (χ3v) is 3.64. The van der Waals surface area contributed by atoms with E-state index in [1.807, 2.05) is 0 Å². The summed E-state index contributed by atoms with van der Waals surface area (Å²) in [7, 11) is 2.07. The van der Waals surface area contributed by atoms with Gasteiger partial charge in [-0.1, -0.05) is 39.0 Å². The Bertz CT molecular complexity index is 116. The molecule has 0 spiro atoms. The Balaban J connectivity index is 2.33. The third-order valence-electron chi connectivity index (χ3n) is 3.64. The maximum absolute atomic E-state index is 3.36. The quantitative estimate of drug-likeness (QED) is 0.685. The molecule has 0 aromatic rings. The molecule has 12 heavy (non-hydrogen) atoms. The van der Waals surface area contributed by atoms with Gasteiger partial charge in [0.25, 0.3) is 0 Å². The SMILES string of the molecule is CNC(C)C(C)C1CCCCC1. The number of rotatable bonds is 3. The first-order valence-corrected chi connectivity index (χ1v) is 5.43. The van der Waals surface area contributed by atoms with Crippen molar-refractivity contribution in [3.63, 3.8) is 0 Å². The van der Waals surface area contributed by atoms with Gasteiger partial charge in [-0.05, 0) is 25.8 Å². The standard InChI is InChI=1S/C11H23N/c1-9(10(2)12-3)11-7-5-4-6-8-11/h9-12H,4-8H2,1-3H3. The summed E-state index contributed by atoms with van der Waals surface area (Å²) in [6.07, 6.45) is 7.33. The van der Waals surface area contributed by atoms with Gasteiger partial charge in [-0.3, -0.25) is 0 Å². The van der Waals surface area contributed by atoms with Crippen LogP contribution in [-0.4, -0.2) is 13.1 Å². The smallest absolute Gasteiger partial charge is 0.00640 e. The number of hydrogen-bond acceptors (Lipinski definition) is 1. The third kappa shape index (κ3) is 2.48. The highest BCUT2D eigenvalue weighted by molar-refractivity contribution is 4.77. The van der Waals surface area contributed by atoms with Crippen molar-refractivity contribution in [1.29, 1.82) is 0 Å². The average Bonchev–Trinajstić information content (AvgIpc) is 2.17. The highest BCUT2D eigenvalue weighted by Gasteiger charge is 2.23. The zero-order valence-corrected chi connectivity index (χ0v) is 8.77. The fourth-order valence-electron chi connectivity index (χ4n) is 2.33. The summed E-state index contributed by atoms with van der Waals surface area (Å²) in [5, 5.41) is 3.36. The Hall–Kier alpha value is -0.0400. The summed E-state index contributed by atoms with van der Waals surface area (Å²) in [5.41, 5.74) is 0. The average molecular weight is 169 g/mol. The lowest BCUT2D eigenvalue weighted by atomic mass is 9.78. The van der Waals surface area contributed by atoms with Crippen LogP contribution in [-0.2, 0) is 0 Å². The molecular weight excluding hydrogens is 146 g/mol. The minimum Gasteiger partial charge on any atom is -0.317 e. The fraction of sp³-hybridized carbons (Fsp3) is 1.00. The van der Waals surface area contributed by atoms with E-state index in [-0.39, 0.29) is 0 Å². The van der Waals surface area contributed by atoms with Crippen LogP contribution in [0.5, 0.6) is 0 Å². The first-order chi connectivity index (χ1) is 5.75. The molecule has 0 aromatic carbocycles. The molecule has 0 bridgehead atoms. The highest BCUT2D eigenvalue weighted by Crippen LogP contribution is 2.31. The van der Waals surface area contributed by atoms with E-state index in [0.717, 1.165) is 11.8 Å². The zero-order valence-electron chi connectivity index (χ0n) is 8.77. The Kier molecular flexibility index (Phi) is 4.07. The van der Waals surface area contributed by atoms with Crippen LogP contribution in [0.15, 0.2) is 0 Å². The molecule has 0 radical (unpaired) electrons. The van der Waals surface area contributed by atoms with Crippen molar-refractivity contribution in [2.24, 2.45) is 11.8 Å². The Morgan fingerprint density at radius 1 is 1.08 bits per heavy atom. The summed E-state index contributed by atoms with van der Waals surface area (Å²) in [6, 6.07) is 0.688. The van der Waals surface area contributed by atoms with Gasteiger partial charge in [0, 0.05) is 6.04 Å². The van der Waals surface area contributed by atoms with E-state index in [9.17, 15) is 0 Å². The molecule has 1 fully saturated rings.